The number of hydrogen-bond acceptors (Lipinski definition) is 3. The fourth-order valence-corrected chi connectivity index (χ4v) is 2.38. The van der Waals surface area contributed by atoms with Crippen molar-refractivity contribution in [1.82, 2.24) is 10.2 Å². The molecule has 1 fully saturated rings. The summed E-state index contributed by atoms with van der Waals surface area (Å²) >= 11 is 0. The third-order valence-corrected chi connectivity index (χ3v) is 3.65. The van der Waals surface area contributed by atoms with Crippen LogP contribution in [-0.2, 0) is 14.4 Å². The van der Waals surface area contributed by atoms with E-state index in [4.69, 9.17) is 0 Å². The third-order valence-electron chi connectivity index (χ3n) is 3.65. The summed E-state index contributed by atoms with van der Waals surface area (Å²) in [5, 5.41) is 2.84. The zero-order valence-corrected chi connectivity index (χ0v) is 13.4. The van der Waals surface area contributed by atoms with Crippen LogP contribution in [0.25, 0.3) is 0 Å². The van der Waals surface area contributed by atoms with Gasteiger partial charge in [0.15, 0.2) is 0 Å². The Balaban J connectivity index is 2.86. The molecule has 1 aliphatic rings. The average molecular weight is 282 g/mol. The van der Waals surface area contributed by atoms with Gasteiger partial charge in [0.25, 0.3) is 0 Å². The maximum absolute atomic E-state index is 12.2. The Kier molecular flexibility index (Phi) is 4.62. The Labute approximate surface area is 121 Å². The van der Waals surface area contributed by atoms with Gasteiger partial charge in [-0.1, -0.05) is 34.6 Å². The Morgan fingerprint density at radius 1 is 1.25 bits per heavy atom. The quantitative estimate of drug-likeness (QED) is 0.801. The highest BCUT2D eigenvalue weighted by Gasteiger charge is 2.39. The molecule has 0 aromatic carbocycles. The summed E-state index contributed by atoms with van der Waals surface area (Å²) in [5.41, 5.74) is -0.491. The third kappa shape index (κ3) is 4.32. The van der Waals surface area contributed by atoms with Crippen molar-refractivity contribution < 1.29 is 14.4 Å². The summed E-state index contributed by atoms with van der Waals surface area (Å²) in [6.45, 7) is 11.5. The molecule has 20 heavy (non-hydrogen) atoms. The minimum absolute atomic E-state index is 0.147. The Morgan fingerprint density at radius 3 is 2.05 bits per heavy atom. The molecule has 0 aromatic heterocycles. The van der Waals surface area contributed by atoms with E-state index in [2.05, 4.69) is 5.32 Å². The summed E-state index contributed by atoms with van der Waals surface area (Å²) in [7, 11) is 0. The predicted molar refractivity (Wildman–Crippen MR) is 76.8 cm³/mol. The Bertz CT molecular complexity index is 401. The zero-order chi connectivity index (χ0) is 15.7. The van der Waals surface area contributed by atoms with Crippen LogP contribution in [-0.4, -0.2) is 35.2 Å². The molecule has 114 valence electrons. The van der Waals surface area contributed by atoms with Gasteiger partial charge in [0.1, 0.15) is 0 Å². The van der Waals surface area contributed by atoms with E-state index in [1.165, 1.54) is 11.8 Å². The van der Waals surface area contributed by atoms with E-state index in [-0.39, 0.29) is 41.1 Å². The number of nitrogens with one attached hydrogen (secondary N) is 1. The summed E-state index contributed by atoms with van der Waals surface area (Å²) in [6.07, 6.45) is 0.741. The monoisotopic (exact) mass is 282 g/mol. The van der Waals surface area contributed by atoms with Crippen molar-refractivity contribution in [1.29, 1.82) is 0 Å². The largest absolute Gasteiger partial charge is 0.351 e. The van der Waals surface area contributed by atoms with Gasteiger partial charge in [0.05, 0.1) is 6.04 Å². The molecule has 1 saturated heterocycles. The fraction of sp³-hybridized carbons (Fsp3) is 0.800. The number of carbonyl (C=O) groups excluding carboxylic acids is 3. The van der Waals surface area contributed by atoms with Crippen LogP contribution in [0.3, 0.4) is 0 Å². The lowest BCUT2D eigenvalue weighted by molar-refractivity contribution is -0.153. The van der Waals surface area contributed by atoms with E-state index >= 15 is 0 Å². The lowest BCUT2D eigenvalue weighted by Crippen LogP contribution is -2.55. The van der Waals surface area contributed by atoms with Crippen LogP contribution in [0.5, 0.6) is 0 Å². The number of hydrogen-bond donors (Lipinski definition) is 1. The molecule has 5 heteroatoms. The Morgan fingerprint density at radius 2 is 1.70 bits per heavy atom. The van der Waals surface area contributed by atoms with E-state index in [1.54, 1.807) is 0 Å². The van der Waals surface area contributed by atoms with Crippen LogP contribution in [0.2, 0.25) is 0 Å². The van der Waals surface area contributed by atoms with Crippen LogP contribution < -0.4 is 5.32 Å². The Hall–Kier alpha value is -1.39. The van der Waals surface area contributed by atoms with Gasteiger partial charge in [-0.2, -0.15) is 0 Å². The highest BCUT2D eigenvalue weighted by Crippen LogP contribution is 2.32. The molecular weight excluding hydrogens is 256 g/mol. The van der Waals surface area contributed by atoms with Crippen LogP contribution >= 0.6 is 0 Å². The first kappa shape index (κ1) is 16.7. The first-order valence-corrected chi connectivity index (χ1v) is 7.03. The summed E-state index contributed by atoms with van der Waals surface area (Å²) < 4.78 is 0. The molecule has 0 unspecified atom stereocenters. The summed E-state index contributed by atoms with van der Waals surface area (Å²) in [4.78, 5) is 36.9. The van der Waals surface area contributed by atoms with E-state index in [0.29, 0.717) is 12.8 Å². The first-order valence-electron chi connectivity index (χ1n) is 7.03. The second-order valence-corrected chi connectivity index (χ2v) is 7.53. The molecule has 0 aromatic rings. The van der Waals surface area contributed by atoms with Gasteiger partial charge in [0, 0.05) is 26.3 Å². The van der Waals surface area contributed by atoms with Crippen molar-refractivity contribution in [3.05, 3.63) is 0 Å². The fourth-order valence-electron chi connectivity index (χ4n) is 2.38. The topological polar surface area (TPSA) is 66.5 Å². The van der Waals surface area contributed by atoms with E-state index < -0.39 is 0 Å². The van der Waals surface area contributed by atoms with Crippen molar-refractivity contribution >= 4 is 17.7 Å². The molecule has 0 radical (unpaired) electrons. The predicted octanol–water partition coefficient (Wildman–Crippen LogP) is 1.71. The van der Waals surface area contributed by atoms with Gasteiger partial charge in [-0.15, -0.1) is 0 Å². The number of rotatable bonds is 3. The number of amides is 3. The molecule has 3 amide bonds. The minimum atomic E-state index is -0.268. The van der Waals surface area contributed by atoms with E-state index in [0.717, 1.165) is 0 Å². The van der Waals surface area contributed by atoms with Gasteiger partial charge < -0.3 is 5.32 Å². The average Bonchev–Trinajstić information content (AvgIpc) is 2.17. The van der Waals surface area contributed by atoms with Crippen molar-refractivity contribution in [2.45, 2.75) is 60.4 Å². The molecule has 1 aliphatic heterocycles. The second-order valence-electron chi connectivity index (χ2n) is 7.53. The molecule has 5 nitrogen and oxygen atoms in total. The molecular formula is C15H26N2O3. The van der Waals surface area contributed by atoms with Crippen LogP contribution in [0.4, 0.5) is 0 Å². The van der Waals surface area contributed by atoms with E-state index in [9.17, 15) is 14.4 Å². The molecule has 0 saturated carbocycles. The van der Waals surface area contributed by atoms with Crippen molar-refractivity contribution in [2.24, 2.45) is 10.8 Å². The standard InChI is InChI=1S/C15H26N2O3/c1-10(18)16-11(14(2,3)4)9-17-12(19)7-15(5,6)8-13(17)20/h11H,7-9H2,1-6H3,(H,16,18)/t11-/m1/s1. The highest BCUT2D eigenvalue weighted by atomic mass is 16.2. The van der Waals surface area contributed by atoms with Gasteiger partial charge in [-0.05, 0) is 10.8 Å². The van der Waals surface area contributed by atoms with Gasteiger partial charge in [-0.25, -0.2) is 0 Å². The van der Waals surface area contributed by atoms with Crippen molar-refractivity contribution in [2.75, 3.05) is 6.54 Å². The number of nitrogens with zero attached hydrogens (tertiary/aromatic N) is 1. The summed E-state index contributed by atoms with van der Waals surface area (Å²) in [5.74, 6) is -0.445. The molecule has 0 bridgehead atoms. The highest BCUT2D eigenvalue weighted by molar-refractivity contribution is 5.98. The minimum Gasteiger partial charge on any atom is -0.351 e. The molecule has 1 rings (SSSR count). The van der Waals surface area contributed by atoms with Crippen LogP contribution in [0.1, 0.15) is 54.4 Å². The number of imide groups is 1. The molecule has 1 atom stereocenters. The van der Waals surface area contributed by atoms with Gasteiger partial charge in [-0.3, -0.25) is 19.3 Å². The van der Waals surface area contributed by atoms with Gasteiger partial charge in [0.2, 0.25) is 17.7 Å². The normalized spacial score (nSPS) is 20.8. The van der Waals surface area contributed by atoms with Crippen molar-refractivity contribution in [3.63, 3.8) is 0 Å². The number of carbonyl (C=O) groups is 3. The second kappa shape index (κ2) is 5.54. The van der Waals surface area contributed by atoms with Gasteiger partial charge >= 0.3 is 0 Å². The first-order chi connectivity index (χ1) is 8.92. The zero-order valence-electron chi connectivity index (χ0n) is 13.4. The number of likely N-dealkylation sites (tertiary alicyclic amines) is 1. The maximum atomic E-state index is 12.2. The van der Waals surface area contributed by atoms with Crippen LogP contribution in [0.15, 0.2) is 0 Å². The van der Waals surface area contributed by atoms with Crippen LogP contribution in [0, 0.1) is 10.8 Å². The maximum Gasteiger partial charge on any atom is 0.229 e. The lowest BCUT2D eigenvalue weighted by atomic mass is 9.80. The molecule has 0 aliphatic carbocycles. The SMILES string of the molecule is CC(=O)N[C@H](CN1C(=O)CC(C)(C)CC1=O)C(C)(C)C. The lowest BCUT2D eigenvalue weighted by Gasteiger charge is -2.39. The number of piperidine rings is 1. The molecule has 1 heterocycles. The molecule has 0 spiro atoms. The van der Waals surface area contributed by atoms with Crippen molar-refractivity contribution in [3.8, 4) is 0 Å². The van der Waals surface area contributed by atoms with E-state index in [1.807, 2.05) is 34.6 Å². The summed E-state index contributed by atoms with van der Waals surface area (Å²) in [6, 6.07) is -0.242. The molecule has 1 N–H and O–H groups in total. The smallest absolute Gasteiger partial charge is 0.229 e.